The van der Waals surface area contributed by atoms with Crippen LogP contribution in [0.4, 0.5) is 0 Å². The van der Waals surface area contributed by atoms with Crippen LogP contribution in [0.3, 0.4) is 0 Å². The highest BCUT2D eigenvalue weighted by Crippen LogP contribution is 2.27. The van der Waals surface area contributed by atoms with Crippen LogP contribution in [0.25, 0.3) is 0 Å². The Bertz CT molecular complexity index is 730. The molecule has 0 unspecified atom stereocenters. The molecule has 1 heterocycles. The molecular weight excluding hydrogens is 390 g/mol. The molecule has 0 radical (unpaired) electrons. The lowest BCUT2D eigenvalue weighted by Crippen LogP contribution is -2.44. The van der Waals surface area contributed by atoms with Gasteiger partial charge in [-0.1, -0.05) is 13.8 Å². The van der Waals surface area contributed by atoms with Crippen molar-refractivity contribution < 1.29 is 17.9 Å². The Morgan fingerprint density at radius 1 is 1.26 bits per heavy atom. The molecule has 1 aromatic carbocycles. The Hall–Kier alpha value is -1.35. The molecule has 1 saturated heterocycles. The number of amides is 1. The number of hydrogen-bond acceptors (Lipinski definition) is 5. The van der Waals surface area contributed by atoms with E-state index < -0.39 is 10.0 Å². The third-order valence-corrected chi connectivity index (χ3v) is 6.98. The summed E-state index contributed by atoms with van der Waals surface area (Å²) < 4.78 is 32.2. The van der Waals surface area contributed by atoms with Crippen LogP contribution in [0.5, 0.6) is 5.75 Å². The number of methoxy groups -OCH3 is 1. The van der Waals surface area contributed by atoms with Crippen LogP contribution < -0.4 is 10.1 Å². The molecule has 1 N–H and O–H groups in total. The number of rotatable bonds is 7. The molecule has 7 nitrogen and oxygen atoms in total. The number of likely N-dealkylation sites (tertiary alicyclic amines) is 1. The van der Waals surface area contributed by atoms with Crippen LogP contribution in [0.1, 0.15) is 37.0 Å². The first-order valence-corrected chi connectivity index (χ1v) is 10.5. The highest BCUT2D eigenvalue weighted by molar-refractivity contribution is 7.89. The van der Waals surface area contributed by atoms with E-state index in [4.69, 9.17) is 4.74 Å². The van der Waals surface area contributed by atoms with E-state index in [0.717, 1.165) is 12.8 Å². The molecule has 9 heteroatoms. The highest BCUT2D eigenvalue weighted by Gasteiger charge is 2.28. The van der Waals surface area contributed by atoms with Crippen LogP contribution in [-0.4, -0.2) is 69.9 Å². The van der Waals surface area contributed by atoms with Gasteiger partial charge < -0.3 is 15.0 Å². The first-order chi connectivity index (χ1) is 12.4. The molecule has 0 aliphatic carbocycles. The molecule has 1 amide bonds. The number of ether oxygens (including phenoxy) is 1. The lowest BCUT2D eigenvalue weighted by molar-refractivity contribution is 0.0703. The number of sulfonamides is 1. The number of nitrogens with one attached hydrogen (secondary N) is 1. The van der Waals surface area contributed by atoms with E-state index in [-0.39, 0.29) is 23.2 Å². The second-order valence-corrected chi connectivity index (χ2v) is 8.24. The molecule has 0 aromatic heterocycles. The predicted molar refractivity (Wildman–Crippen MR) is 108 cm³/mol. The Labute approximate surface area is 168 Å². The first kappa shape index (κ1) is 23.7. The van der Waals surface area contributed by atoms with Gasteiger partial charge in [0, 0.05) is 32.2 Å². The van der Waals surface area contributed by atoms with E-state index in [2.05, 4.69) is 5.32 Å². The quantitative estimate of drug-likeness (QED) is 0.731. The Morgan fingerprint density at radius 2 is 1.85 bits per heavy atom. The smallest absolute Gasteiger partial charge is 0.257 e. The van der Waals surface area contributed by atoms with Gasteiger partial charge in [0.2, 0.25) is 10.0 Å². The molecule has 1 fully saturated rings. The topological polar surface area (TPSA) is 79.0 Å². The maximum atomic E-state index is 13.0. The summed E-state index contributed by atoms with van der Waals surface area (Å²) in [4.78, 5) is 14.9. The van der Waals surface area contributed by atoms with Crippen molar-refractivity contribution in [2.45, 2.75) is 37.6 Å². The van der Waals surface area contributed by atoms with E-state index in [1.807, 2.05) is 7.05 Å². The maximum absolute atomic E-state index is 13.0. The molecule has 0 atom stereocenters. The second kappa shape index (κ2) is 10.3. The van der Waals surface area contributed by atoms with Crippen molar-refractivity contribution in [3.63, 3.8) is 0 Å². The van der Waals surface area contributed by atoms with E-state index in [0.29, 0.717) is 43.5 Å². The minimum absolute atomic E-state index is 0. The Kier molecular flexibility index (Phi) is 9.01. The van der Waals surface area contributed by atoms with E-state index >= 15 is 0 Å². The van der Waals surface area contributed by atoms with Crippen molar-refractivity contribution in [3.8, 4) is 5.75 Å². The maximum Gasteiger partial charge on any atom is 0.257 e. The Balaban J connectivity index is 0.00000364. The van der Waals surface area contributed by atoms with E-state index in [1.165, 1.54) is 23.5 Å². The van der Waals surface area contributed by atoms with Crippen LogP contribution in [0.2, 0.25) is 0 Å². The average Bonchev–Trinajstić information content (AvgIpc) is 2.67. The summed E-state index contributed by atoms with van der Waals surface area (Å²) >= 11 is 0. The number of piperidine rings is 1. The molecule has 1 aliphatic heterocycles. The van der Waals surface area contributed by atoms with Gasteiger partial charge in [0.15, 0.2) is 0 Å². The fourth-order valence-electron chi connectivity index (χ4n) is 3.27. The monoisotopic (exact) mass is 419 g/mol. The van der Waals surface area contributed by atoms with Gasteiger partial charge in [-0.05, 0) is 38.1 Å². The zero-order chi connectivity index (χ0) is 19.3. The largest absolute Gasteiger partial charge is 0.496 e. The zero-order valence-electron chi connectivity index (χ0n) is 16.4. The van der Waals surface area contributed by atoms with Crippen LogP contribution in [-0.2, 0) is 10.0 Å². The Morgan fingerprint density at radius 3 is 2.33 bits per heavy atom. The van der Waals surface area contributed by atoms with Gasteiger partial charge in [0.25, 0.3) is 5.91 Å². The number of carbonyl (C=O) groups excluding carboxylic acids is 1. The normalized spacial score (nSPS) is 15.5. The minimum Gasteiger partial charge on any atom is -0.496 e. The number of nitrogens with zero attached hydrogens (tertiary/aromatic N) is 2. The number of hydrogen-bond donors (Lipinski definition) is 1. The van der Waals surface area contributed by atoms with Gasteiger partial charge in [0.05, 0.1) is 17.6 Å². The van der Waals surface area contributed by atoms with Crippen molar-refractivity contribution in [2.75, 3.05) is 40.3 Å². The van der Waals surface area contributed by atoms with E-state index in [9.17, 15) is 13.2 Å². The second-order valence-electron chi connectivity index (χ2n) is 6.31. The summed E-state index contributed by atoms with van der Waals surface area (Å²) in [7, 11) is -0.221. The molecule has 0 saturated carbocycles. The van der Waals surface area contributed by atoms with Crippen LogP contribution in [0, 0.1) is 0 Å². The van der Waals surface area contributed by atoms with Gasteiger partial charge in [-0.15, -0.1) is 12.4 Å². The molecule has 2 rings (SSSR count). The third kappa shape index (κ3) is 5.13. The van der Waals surface area contributed by atoms with E-state index in [1.54, 1.807) is 24.8 Å². The van der Waals surface area contributed by atoms with Gasteiger partial charge in [-0.3, -0.25) is 4.79 Å². The summed E-state index contributed by atoms with van der Waals surface area (Å²) in [5.41, 5.74) is 0.295. The molecular formula is C18H30ClN3O4S. The first-order valence-electron chi connectivity index (χ1n) is 9.03. The lowest BCUT2D eigenvalue weighted by Gasteiger charge is -2.32. The summed E-state index contributed by atoms with van der Waals surface area (Å²) in [5.74, 6) is 0.206. The van der Waals surface area contributed by atoms with Crippen LogP contribution in [0.15, 0.2) is 23.1 Å². The van der Waals surface area contributed by atoms with Crippen LogP contribution >= 0.6 is 12.4 Å². The third-order valence-electron chi connectivity index (χ3n) is 4.93. The highest BCUT2D eigenvalue weighted by atomic mass is 35.5. The van der Waals surface area contributed by atoms with Crippen molar-refractivity contribution in [1.82, 2.24) is 14.5 Å². The standard InChI is InChI=1S/C18H29N3O4S.ClH/c1-5-21(6-2)26(23,24)15-7-8-17(25-4)16(13-15)18(22)20-11-9-14(19-3)10-12-20;/h7-8,13-14,19H,5-6,9-12H2,1-4H3;1H. The SMILES string of the molecule is CCN(CC)S(=O)(=O)c1ccc(OC)c(C(=O)N2CCC(NC)CC2)c1.Cl. The van der Waals surface area contributed by atoms with Gasteiger partial charge in [-0.2, -0.15) is 4.31 Å². The summed E-state index contributed by atoms with van der Waals surface area (Å²) in [6.07, 6.45) is 1.75. The molecule has 1 aliphatic rings. The summed E-state index contributed by atoms with van der Waals surface area (Å²) in [5, 5.41) is 3.23. The zero-order valence-corrected chi connectivity index (χ0v) is 18.0. The summed E-state index contributed by atoms with van der Waals surface area (Å²) in [6.45, 7) is 5.63. The predicted octanol–water partition coefficient (Wildman–Crippen LogP) is 1.97. The van der Waals surface area contributed by atoms with Crippen molar-refractivity contribution in [1.29, 1.82) is 0 Å². The molecule has 1 aromatic rings. The van der Waals surface area contributed by atoms with Gasteiger partial charge in [-0.25, -0.2) is 8.42 Å². The summed E-state index contributed by atoms with van der Waals surface area (Å²) in [6, 6.07) is 4.91. The number of halogens is 1. The minimum atomic E-state index is -3.63. The van der Waals surface area contributed by atoms with Gasteiger partial charge in [0.1, 0.15) is 5.75 Å². The fraction of sp³-hybridized carbons (Fsp3) is 0.611. The lowest BCUT2D eigenvalue weighted by atomic mass is 10.0. The van der Waals surface area contributed by atoms with Gasteiger partial charge >= 0.3 is 0 Å². The average molecular weight is 420 g/mol. The van der Waals surface area contributed by atoms with Crippen molar-refractivity contribution in [3.05, 3.63) is 23.8 Å². The number of carbonyl (C=O) groups is 1. The molecule has 0 bridgehead atoms. The molecule has 0 spiro atoms. The number of benzene rings is 1. The molecule has 27 heavy (non-hydrogen) atoms. The fourth-order valence-corrected chi connectivity index (χ4v) is 4.75. The van der Waals surface area contributed by atoms with Crippen molar-refractivity contribution >= 4 is 28.3 Å². The molecule has 154 valence electrons. The van der Waals surface area contributed by atoms with Crippen molar-refractivity contribution in [2.24, 2.45) is 0 Å².